The highest BCUT2D eigenvalue weighted by atomic mass is 35.5. The van der Waals surface area contributed by atoms with Gasteiger partial charge in [-0.3, -0.25) is 9.79 Å². The molecule has 1 atom stereocenters. The third-order valence-electron chi connectivity index (χ3n) is 5.24. The fourth-order valence-corrected chi connectivity index (χ4v) is 4.99. The molecule has 1 aliphatic rings. The van der Waals surface area contributed by atoms with Crippen LogP contribution in [0.15, 0.2) is 71.2 Å². The second-order valence-electron chi connectivity index (χ2n) is 7.51. The number of carbonyl (C=O) groups is 1. The van der Waals surface area contributed by atoms with E-state index in [1.54, 1.807) is 25.1 Å². The number of nitrogens with one attached hydrogen (secondary N) is 1. The molecule has 0 saturated heterocycles. The zero-order chi connectivity index (χ0) is 25.1. The lowest BCUT2D eigenvalue weighted by Crippen LogP contribution is -2.38. The van der Waals surface area contributed by atoms with Gasteiger partial charge >= 0.3 is 6.18 Å². The topological polar surface area (TPSA) is 53.8 Å². The minimum absolute atomic E-state index is 0.0619. The molecule has 34 heavy (non-hydrogen) atoms. The van der Waals surface area contributed by atoms with Gasteiger partial charge in [-0.25, -0.2) is 4.40 Å². The number of hydrogen-bond donors (Lipinski definition) is 1. The van der Waals surface area contributed by atoms with Crippen LogP contribution in [0.2, 0.25) is 10.0 Å². The second kappa shape index (κ2) is 10.4. The maximum absolute atomic E-state index is 14.3. The Morgan fingerprint density at radius 1 is 1.24 bits per heavy atom. The van der Waals surface area contributed by atoms with E-state index < -0.39 is 17.3 Å². The Kier molecular flexibility index (Phi) is 7.95. The van der Waals surface area contributed by atoms with Gasteiger partial charge in [-0.1, -0.05) is 42.4 Å². The molecule has 0 fully saturated rings. The zero-order valence-electron chi connectivity index (χ0n) is 18.0. The van der Waals surface area contributed by atoms with Gasteiger partial charge in [-0.2, -0.15) is 13.2 Å². The number of hydrogen-bond acceptors (Lipinski definition) is 4. The van der Waals surface area contributed by atoms with Crippen molar-refractivity contribution in [3.63, 3.8) is 0 Å². The van der Waals surface area contributed by atoms with Crippen molar-refractivity contribution in [2.45, 2.75) is 24.3 Å². The van der Waals surface area contributed by atoms with Crippen molar-refractivity contribution in [1.82, 2.24) is 5.32 Å². The quantitative estimate of drug-likeness (QED) is 0.309. The lowest BCUT2D eigenvalue weighted by Gasteiger charge is -2.30. The first-order valence-corrected chi connectivity index (χ1v) is 11.5. The molecule has 1 heterocycles. The number of nitrogens with zero attached hydrogens (tertiary/aromatic N) is 2. The van der Waals surface area contributed by atoms with Crippen molar-refractivity contribution in [1.29, 1.82) is 0 Å². The van der Waals surface area contributed by atoms with Crippen LogP contribution in [0.25, 0.3) is 0 Å². The van der Waals surface area contributed by atoms with Crippen LogP contribution in [-0.4, -0.2) is 30.1 Å². The van der Waals surface area contributed by atoms with E-state index in [4.69, 9.17) is 23.2 Å². The predicted molar refractivity (Wildman–Crippen MR) is 134 cm³/mol. The molecule has 0 spiro atoms. The Morgan fingerprint density at radius 3 is 2.47 bits per heavy atom. The van der Waals surface area contributed by atoms with Crippen molar-refractivity contribution in [2.75, 3.05) is 6.54 Å². The molecule has 0 bridgehead atoms. The van der Waals surface area contributed by atoms with E-state index in [1.165, 1.54) is 30.5 Å². The van der Waals surface area contributed by atoms with E-state index in [0.29, 0.717) is 34.3 Å². The van der Waals surface area contributed by atoms with E-state index in [9.17, 15) is 18.0 Å². The van der Waals surface area contributed by atoms with E-state index in [1.807, 2.05) is 0 Å². The van der Waals surface area contributed by atoms with Gasteiger partial charge in [-0.15, -0.1) is 0 Å². The fourth-order valence-electron chi connectivity index (χ4n) is 3.50. The number of benzene rings is 2. The van der Waals surface area contributed by atoms with Gasteiger partial charge in [0, 0.05) is 28.2 Å². The van der Waals surface area contributed by atoms with Crippen LogP contribution in [0.3, 0.4) is 0 Å². The molecule has 0 saturated carbocycles. The molecule has 0 aliphatic carbocycles. The van der Waals surface area contributed by atoms with Gasteiger partial charge in [0.25, 0.3) is 5.91 Å². The Labute approximate surface area is 209 Å². The van der Waals surface area contributed by atoms with Crippen LogP contribution in [-0.2, 0) is 4.75 Å². The third-order valence-corrected chi connectivity index (χ3v) is 6.91. The molecule has 1 aliphatic heterocycles. The standard InChI is InChI=1S/C24H20Cl2F3N3OS/c1-4-19(30-5-2)13-31-22(33)20-7-6-15(8-14(20)3)21-12-23(34-32-21,24(27,28)29)16-9-17(25)11-18(26)10-16/h4-11H,1-2,12-13H2,3H3,(H,31,33). The van der Waals surface area contributed by atoms with Crippen LogP contribution in [0, 0.1) is 6.92 Å². The second-order valence-corrected chi connectivity index (χ2v) is 9.44. The Morgan fingerprint density at radius 2 is 1.91 bits per heavy atom. The van der Waals surface area contributed by atoms with E-state index in [-0.39, 0.29) is 33.8 Å². The first-order chi connectivity index (χ1) is 16.0. The van der Waals surface area contributed by atoms with Gasteiger partial charge in [0.05, 0.1) is 18.0 Å². The maximum Gasteiger partial charge on any atom is 0.409 e. The van der Waals surface area contributed by atoms with Crippen LogP contribution in [0.4, 0.5) is 13.2 Å². The van der Waals surface area contributed by atoms with Crippen molar-refractivity contribution in [3.05, 3.63) is 94.1 Å². The lowest BCUT2D eigenvalue weighted by molar-refractivity contribution is -0.159. The van der Waals surface area contributed by atoms with Crippen LogP contribution < -0.4 is 5.32 Å². The van der Waals surface area contributed by atoms with E-state index in [2.05, 4.69) is 27.9 Å². The average Bonchev–Trinajstić information content (AvgIpc) is 3.23. The van der Waals surface area contributed by atoms with Crippen molar-refractivity contribution in [2.24, 2.45) is 9.39 Å². The van der Waals surface area contributed by atoms with Crippen molar-refractivity contribution in [3.8, 4) is 0 Å². The molecule has 2 aromatic rings. The number of amides is 1. The van der Waals surface area contributed by atoms with Gasteiger partial charge < -0.3 is 5.32 Å². The number of rotatable bonds is 7. The molecule has 3 rings (SSSR count). The minimum atomic E-state index is -4.61. The average molecular weight is 526 g/mol. The highest BCUT2D eigenvalue weighted by Gasteiger charge is 2.60. The SMILES string of the molecule is C=CN=C(C=C)CNC(=O)c1ccc(C2=NSC(c3cc(Cl)cc(Cl)c3)(C(F)(F)F)C2)cc1C. The summed E-state index contributed by atoms with van der Waals surface area (Å²) in [7, 11) is 0. The molecule has 0 radical (unpaired) electrons. The Balaban J connectivity index is 1.85. The molecule has 10 heteroatoms. The van der Waals surface area contributed by atoms with Crippen LogP contribution in [0.1, 0.15) is 33.5 Å². The summed E-state index contributed by atoms with van der Waals surface area (Å²) in [4.78, 5) is 16.6. The third kappa shape index (κ3) is 5.40. The van der Waals surface area contributed by atoms with Gasteiger partial charge in [0.2, 0.25) is 0 Å². The number of aryl methyl sites for hydroxylation is 1. The van der Waals surface area contributed by atoms with Crippen LogP contribution in [0.5, 0.6) is 0 Å². The molecule has 2 aromatic carbocycles. The molecule has 0 aromatic heterocycles. The summed E-state index contributed by atoms with van der Waals surface area (Å²) >= 11 is 12.4. The summed E-state index contributed by atoms with van der Waals surface area (Å²) in [5, 5.41) is 2.96. The Bertz CT molecular complexity index is 1190. The predicted octanol–water partition coefficient (Wildman–Crippen LogP) is 7.10. The smallest absolute Gasteiger partial charge is 0.346 e. The zero-order valence-corrected chi connectivity index (χ0v) is 20.4. The molecule has 4 nitrogen and oxygen atoms in total. The van der Waals surface area contributed by atoms with Gasteiger partial charge in [0.1, 0.15) is 0 Å². The summed E-state index contributed by atoms with van der Waals surface area (Å²) in [6.07, 6.45) is -2.15. The highest BCUT2D eigenvalue weighted by Crippen LogP contribution is 2.57. The molecule has 1 amide bonds. The first kappa shape index (κ1) is 26.1. The molecule has 178 valence electrons. The first-order valence-electron chi connectivity index (χ1n) is 9.98. The summed E-state index contributed by atoms with van der Waals surface area (Å²) < 4.78 is 44.7. The summed E-state index contributed by atoms with van der Waals surface area (Å²) in [5.41, 5.74) is 2.23. The van der Waals surface area contributed by atoms with E-state index in [0.717, 1.165) is 0 Å². The summed E-state index contributed by atoms with van der Waals surface area (Å²) in [6, 6.07) is 8.71. The number of halogens is 5. The monoisotopic (exact) mass is 525 g/mol. The number of alkyl halides is 3. The minimum Gasteiger partial charge on any atom is -0.346 e. The lowest BCUT2D eigenvalue weighted by atomic mass is 9.89. The van der Waals surface area contributed by atoms with Crippen LogP contribution >= 0.6 is 35.1 Å². The highest BCUT2D eigenvalue weighted by molar-refractivity contribution is 7.99. The molecular weight excluding hydrogens is 506 g/mol. The van der Waals surface area contributed by atoms with Crippen molar-refractivity contribution < 1.29 is 18.0 Å². The normalized spacial score (nSPS) is 18.4. The van der Waals surface area contributed by atoms with Gasteiger partial charge in [-0.05, 0) is 72.0 Å². The van der Waals surface area contributed by atoms with Crippen molar-refractivity contribution >= 4 is 52.5 Å². The molecular formula is C24H20Cl2F3N3OS. The fraction of sp³-hybridized carbons (Fsp3) is 0.208. The Hall–Kier alpha value is -2.55. The number of carbonyl (C=O) groups excluding carboxylic acids is 1. The molecule has 1 N–H and O–H groups in total. The molecule has 1 unspecified atom stereocenters. The van der Waals surface area contributed by atoms with E-state index >= 15 is 0 Å². The summed E-state index contributed by atoms with van der Waals surface area (Å²) in [5.74, 6) is -0.344. The van der Waals surface area contributed by atoms with Gasteiger partial charge in [0.15, 0.2) is 4.75 Å². The largest absolute Gasteiger partial charge is 0.409 e. The maximum atomic E-state index is 14.3. The summed E-state index contributed by atoms with van der Waals surface area (Å²) in [6.45, 7) is 9.00. The number of aliphatic imine (C=N–C) groups is 1.